The summed E-state index contributed by atoms with van der Waals surface area (Å²) in [6, 6.07) is 6.28. The Bertz CT molecular complexity index is 469. The van der Waals surface area contributed by atoms with Crippen LogP contribution in [-0.2, 0) is 4.79 Å². The van der Waals surface area contributed by atoms with Crippen LogP contribution in [0, 0.1) is 5.82 Å². The van der Waals surface area contributed by atoms with Gasteiger partial charge in [0.25, 0.3) is 0 Å². The zero-order valence-corrected chi connectivity index (χ0v) is 13.3. The van der Waals surface area contributed by atoms with E-state index in [2.05, 4.69) is 16.5 Å². The minimum atomic E-state index is -0.386. The lowest BCUT2D eigenvalue weighted by atomic mass is 10.2. The van der Waals surface area contributed by atoms with Gasteiger partial charge in [-0.2, -0.15) is 11.8 Å². The van der Waals surface area contributed by atoms with Gasteiger partial charge in [-0.25, -0.2) is 4.39 Å². The molecule has 21 heavy (non-hydrogen) atoms. The van der Waals surface area contributed by atoms with Crippen LogP contribution in [0.1, 0.15) is 25.7 Å². The van der Waals surface area contributed by atoms with E-state index < -0.39 is 0 Å². The second-order valence-corrected chi connectivity index (χ2v) is 6.57. The molecule has 1 aliphatic heterocycles. The van der Waals surface area contributed by atoms with Gasteiger partial charge in [-0.1, -0.05) is 18.6 Å². The number of amides is 1. The van der Waals surface area contributed by atoms with Crippen molar-refractivity contribution in [2.45, 2.75) is 30.9 Å². The molecule has 0 aliphatic carbocycles. The van der Waals surface area contributed by atoms with Crippen LogP contribution in [0.4, 0.5) is 10.1 Å². The van der Waals surface area contributed by atoms with Crippen molar-refractivity contribution in [2.75, 3.05) is 31.2 Å². The van der Waals surface area contributed by atoms with E-state index in [0.717, 1.165) is 19.6 Å². The van der Waals surface area contributed by atoms with Crippen molar-refractivity contribution in [1.29, 1.82) is 0 Å². The number of likely N-dealkylation sites (tertiary alicyclic amines) is 1. The van der Waals surface area contributed by atoms with Crippen molar-refractivity contribution >= 4 is 23.4 Å². The number of nitrogens with zero attached hydrogens (tertiary/aromatic N) is 1. The molecule has 1 aromatic rings. The van der Waals surface area contributed by atoms with Crippen LogP contribution in [0.15, 0.2) is 24.3 Å². The predicted molar refractivity (Wildman–Crippen MR) is 87.2 cm³/mol. The molecule has 1 aromatic carbocycles. The normalized spacial score (nSPS) is 20.0. The summed E-state index contributed by atoms with van der Waals surface area (Å²) >= 11 is 1.91. The van der Waals surface area contributed by atoms with Gasteiger partial charge in [0.1, 0.15) is 5.82 Å². The largest absolute Gasteiger partial charge is 0.324 e. The molecule has 5 heteroatoms. The zero-order valence-electron chi connectivity index (χ0n) is 12.5. The molecule has 3 nitrogen and oxygen atoms in total. The summed E-state index contributed by atoms with van der Waals surface area (Å²) in [5.41, 5.74) is 0.264. The van der Waals surface area contributed by atoms with Crippen molar-refractivity contribution in [3.05, 3.63) is 30.1 Å². The van der Waals surface area contributed by atoms with Crippen LogP contribution in [0.5, 0.6) is 0 Å². The van der Waals surface area contributed by atoms with E-state index in [9.17, 15) is 9.18 Å². The van der Waals surface area contributed by atoms with Gasteiger partial charge in [0.2, 0.25) is 5.91 Å². The lowest BCUT2D eigenvalue weighted by molar-refractivity contribution is -0.116. The molecule has 1 atom stereocenters. The van der Waals surface area contributed by atoms with Gasteiger partial charge >= 0.3 is 0 Å². The summed E-state index contributed by atoms with van der Waals surface area (Å²) in [4.78, 5) is 14.3. The summed E-state index contributed by atoms with van der Waals surface area (Å²) in [6.45, 7) is 2.86. The highest BCUT2D eigenvalue weighted by atomic mass is 32.2. The number of halogens is 1. The third-order valence-corrected chi connectivity index (χ3v) is 4.90. The summed E-state index contributed by atoms with van der Waals surface area (Å²) < 4.78 is 13.5. The molecule has 1 fully saturated rings. The van der Waals surface area contributed by atoms with E-state index in [1.165, 1.54) is 25.3 Å². The minimum absolute atomic E-state index is 0.120. The molecule has 0 aromatic heterocycles. The number of benzene rings is 1. The number of thioether (sulfide) groups is 1. The van der Waals surface area contributed by atoms with Crippen LogP contribution in [0.25, 0.3) is 0 Å². The summed E-state index contributed by atoms with van der Waals surface area (Å²) in [6.07, 6.45) is 6.29. The lowest BCUT2D eigenvalue weighted by Crippen LogP contribution is -2.32. The molecule has 116 valence electrons. The Morgan fingerprint density at radius 3 is 3.00 bits per heavy atom. The van der Waals surface area contributed by atoms with Crippen molar-refractivity contribution in [3.63, 3.8) is 0 Å². The zero-order chi connectivity index (χ0) is 15.1. The molecule has 1 aliphatic rings. The first-order valence-corrected chi connectivity index (χ1v) is 8.77. The van der Waals surface area contributed by atoms with Gasteiger partial charge in [0.05, 0.1) is 5.69 Å². The Labute approximate surface area is 130 Å². The third-order valence-electron chi connectivity index (χ3n) is 3.85. The standard InChI is InChI=1S/C16H23FN2OS/c1-21-13-6-4-5-10-19(12-13)11-9-16(20)18-15-8-3-2-7-14(15)17/h2-3,7-8,13H,4-6,9-12H2,1H3,(H,18,20). The number of para-hydroxylation sites is 1. The first-order chi connectivity index (χ1) is 10.2. The number of anilines is 1. The molecule has 1 unspecified atom stereocenters. The molecule has 0 radical (unpaired) electrons. The fourth-order valence-electron chi connectivity index (χ4n) is 2.61. The maximum atomic E-state index is 13.5. The molecule has 1 amide bonds. The summed E-state index contributed by atoms with van der Waals surface area (Å²) in [7, 11) is 0. The average molecular weight is 310 g/mol. The van der Waals surface area contributed by atoms with Crippen molar-refractivity contribution in [1.82, 2.24) is 4.90 Å². The molecule has 0 spiro atoms. The molecule has 1 N–H and O–H groups in total. The Morgan fingerprint density at radius 2 is 2.24 bits per heavy atom. The quantitative estimate of drug-likeness (QED) is 0.905. The Balaban J connectivity index is 1.79. The van der Waals surface area contributed by atoms with E-state index >= 15 is 0 Å². The smallest absolute Gasteiger partial charge is 0.225 e. The number of hydrogen-bond donors (Lipinski definition) is 1. The van der Waals surface area contributed by atoms with Gasteiger partial charge in [-0.3, -0.25) is 4.79 Å². The van der Waals surface area contributed by atoms with Crippen molar-refractivity contribution < 1.29 is 9.18 Å². The Kier molecular flexibility index (Phi) is 6.51. The van der Waals surface area contributed by atoms with E-state index in [4.69, 9.17) is 0 Å². The first kappa shape index (κ1) is 16.3. The number of carbonyl (C=O) groups excluding carboxylic acids is 1. The lowest BCUT2D eigenvalue weighted by Gasteiger charge is -2.22. The Hall–Kier alpha value is -1.07. The van der Waals surface area contributed by atoms with E-state index in [-0.39, 0.29) is 17.4 Å². The maximum Gasteiger partial charge on any atom is 0.225 e. The fourth-order valence-corrected chi connectivity index (χ4v) is 3.37. The monoisotopic (exact) mass is 310 g/mol. The second-order valence-electron chi connectivity index (χ2n) is 5.43. The number of hydrogen-bond acceptors (Lipinski definition) is 3. The Morgan fingerprint density at radius 1 is 1.43 bits per heavy atom. The summed E-state index contributed by atoms with van der Waals surface area (Å²) in [5, 5.41) is 3.31. The van der Waals surface area contributed by atoms with Crippen LogP contribution in [0.2, 0.25) is 0 Å². The highest BCUT2D eigenvalue weighted by molar-refractivity contribution is 7.99. The molecule has 0 bridgehead atoms. The van der Waals surface area contributed by atoms with Crippen molar-refractivity contribution in [3.8, 4) is 0 Å². The van der Waals surface area contributed by atoms with E-state index in [0.29, 0.717) is 11.7 Å². The molecule has 2 rings (SSSR count). The van der Waals surface area contributed by atoms with Crippen LogP contribution in [-0.4, -0.2) is 41.9 Å². The highest BCUT2D eigenvalue weighted by Gasteiger charge is 2.18. The first-order valence-electron chi connectivity index (χ1n) is 7.48. The summed E-state index contributed by atoms with van der Waals surface area (Å²) in [5.74, 6) is -0.506. The molecular formula is C16H23FN2OS. The third kappa shape index (κ3) is 5.32. The topological polar surface area (TPSA) is 32.3 Å². The minimum Gasteiger partial charge on any atom is -0.324 e. The number of nitrogens with one attached hydrogen (secondary N) is 1. The van der Waals surface area contributed by atoms with Gasteiger partial charge < -0.3 is 10.2 Å². The molecule has 0 saturated carbocycles. The van der Waals surface area contributed by atoms with E-state index in [1.54, 1.807) is 18.2 Å². The van der Waals surface area contributed by atoms with Gasteiger partial charge in [0, 0.05) is 24.8 Å². The van der Waals surface area contributed by atoms with Crippen molar-refractivity contribution in [2.24, 2.45) is 0 Å². The molecular weight excluding hydrogens is 287 g/mol. The fraction of sp³-hybridized carbons (Fsp3) is 0.562. The molecule has 1 saturated heterocycles. The predicted octanol–water partition coefficient (Wildman–Crippen LogP) is 3.37. The van der Waals surface area contributed by atoms with E-state index in [1.807, 2.05) is 11.8 Å². The number of rotatable bonds is 5. The van der Waals surface area contributed by atoms with Gasteiger partial charge in [-0.05, 0) is 37.8 Å². The maximum absolute atomic E-state index is 13.5. The van der Waals surface area contributed by atoms with Gasteiger partial charge in [0.15, 0.2) is 0 Å². The second kappa shape index (κ2) is 8.39. The average Bonchev–Trinajstić information content (AvgIpc) is 2.73. The van der Waals surface area contributed by atoms with Gasteiger partial charge in [-0.15, -0.1) is 0 Å². The SMILES string of the molecule is CSC1CCCCN(CCC(=O)Nc2ccccc2F)C1. The van der Waals surface area contributed by atoms with Crippen LogP contribution < -0.4 is 5.32 Å². The van der Waals surface area contributed by atoms with Crippen LogP contribution >= 0.6 is 11.8 Å². The molecule has 1 heterocycles. The number of carbonyl (C=O) groups is 1. The van der Waals surface area contributed by atoms with Crippen LogP contribution in [0.3, 0.4) is 0 Å². The highest BCUT2D eigenvalue weighted by Crippen LogP contribution is 2.20.